The number of nitrogens with zero attached hydrogens (tertiary/aromatic N) is 1. The van der Waals surface area contributed by atoms with Gasteiger partial charge >= 0.3 is 0 Å². The van der Waals surface area contributed by atoms with Crippen LogP contribution in [0.2, 0.25) is 0 Å². The second-order valence-electron chi connectivity index (χ2n) is 3.33. The number of hydrogen-bond acceptors (Lipinski definition) is 5. The molecular weight excluding hydrogens is 196 g/mol. The van der Waals surface area contributed by atoms with Crippen LogP contribution in [0.15, 0.2) is 18.2 Å². The molecule has 2 N–H and O–H groups in total. The van der Waals surface area contributed by atoms with Crippen LogP contribution < -0.4 is 20.3 Å². The molecule has 0 aromatic heterocycles. The molecule has 1 heterocycles. The summed E-state index contributed by atoms with van der Waals surface area (Å²) in [5, 5.41) is 0. The minimum atomic E-state index is 0.300. The molecule has 2 rings (SSSR count). The van der Waals surface area contributed by atoms with Crippen molar-refractivity contribution in [1.29, 1.82) is 0 Å². The first-order valence-electron chi connectivity index (χ1n) is 4.74. The highest BCUT2D eigenvalue weighted by atomic mass is 16.7. The van der Waals surface area contributed by atoms with E-state index < -0.39 is 0 Å². The van der Waals surface area contributed by atoms with Gasteiger partial charge in [-0.3, -0.25) is 0 Å². The van der Waals surface area contributed by atoms with E-state index in [2.05, 4.69) is 4.84 Å². The summed E-state index contributed by atoms with van der Waals surface area (Å²) < 4.78 is 10.5. The zero-order valence-electron chi connectivity index (χ0n) is 8.60. The van der Waals surface area contributed by atoms with E-state index in [4.69, 9.17) is 15.4 Å². The second kappa shape index (κ2) is 4.37. The Bertz CT molecular complexity index is 343. The van der Waals surface area contributed by atoms with Gasteiger partial charge in [0, 0.05) is 25.3 Å². The van der Waals surface area contributed by atoms with E-state index in [0.29, 0.717) is 13.4 Å². The molecule has 0 saturated heterocycles. The van der Waals surface area contributed by atoms with Crippen molar-refractivity contribution in [3.63, 3.8) is 0 Å². The van der Waals surface area contributed by atoms with Gasteiger partial charge in [-0.25, -0.2) is 5.90 Å². The maximum absolute atomic E-state index is 5.29. The summed E-state index contributed by atoms with van der Waals surface area (Å²) in [7, 11) is 1.97. The predicted octanol–water partition coefficient (Wildman–Crippen LogP) is 0.742. The van der Waals surface area contributed by atoms with Gasteiger partial charge in [-0.1, -0.05) is 0 Å². The molecule has 15 heavy (non-hydrogen) atoms. The standard InChI is InChI=1S/C10H14N2O3/c1-12(4-5-15-11)8-2-3-9-10(6-8)14-7-13-9/h2-3,6H,4-5,7,11H2,1H3. The van der Waals surface area contributed by atoms with Crippen LogP contribution in [0, 0.1) is 0 Å². The average molecular weight is 210 g/mol. The largest absolute Gasteiger partial charge is 0.454 e. The van der Waals surface area contributed by atoms with E-state index in [-0.39, 0.29) is 0 Å². The molecular formula is C10H14N2O3. The first-order chi connectivity index (χ1) is 7.31. The lowest BCUT2D eigenvalue weighted by Crippen LogP contribution is -2.23. The molecule has 0 saturated carbocycles. The summed E-state index contributed by atoms with van der Waals surface area (Å²) in [6, 6.07) is 5.82. The van der Waals surface area contributed by atoms with E-state index >= 15 is 0 Å². The van der Waals surface area contributed by atoms with Crippen molar-refractivity contribution in [1.82, 2.24) is 0 Å². The Kier molecular flexibility index (Phi) is 2.94. The van der Waals surface area contributed by atoms with Gasteiger partial charge in [-0.15, -0.1) is 0 Å². The van der Waals surface area contributed by atoms with Crippen molar-refractivity contribution in [3.8, 4) is 11.5 Å². The minimum Gasteiger partial charge on any atom is -0.454 e. The zero-order valence-corrected chi connectivity index (χ0v) is 8.60. The summed E-state index contributed by atoms with van der Waals surface area (Å²) in [5.74, 6) is 6.55. The molecule has 1 aromatic rings. The van der Waals surface area contributed by atoms with Crippen LogP contribution in [0.1, 0.15) is 0 Å². The van der Waals surface area contributed by atoms with Crippen LogP contribution in [0.3, 0.4) is 0 Å². The van der Waals surface area contributed by atoms with E-state index in [1.54, 1.807) is 0 Å². The number of hydrogen-bond donors (Lipinski definition) is 1. The summed E-state index contributed by atoms with van der Waals surface area (Å²) in [4.78, 5) is 6.57. The third kappa shape index (κ3) is 2.14. The number of rotatable bonds is 4. The molecule has 0 unspecified atom stereocenters. The Morgan fingerprint density at radius 1 is 1.40 bits per heavy atom. The highest BCUT2D eigenvalue weighted by molar-refractivity contribution is 5.56. The third-order valence-electron chi connectivity index (χ3n) is 2.34. The van der Waals surface area contributed by atoms with Crippen molar-refractivity contribution < 1.29 is 14.3 Å². The topological polar surface area (TPSA) is 57.0 Å². The van der Waals surface area contributed by atoms with Crippen LogP contribution in [0.5, 0.6) is 11.5 Å². The van der Waals surface area contributed by atoms with Crippen LogP contribution in [0.25, 0.3) is 0 Å². The number of fused-ring (bicyclic) bond motifs is 1. The lowest BCUT2D eigenvalue weighted by Gasteiger charge is -2.18. The number of ether oxygens (including phenoxy) is 2. The highest BCUT2D eigenvalue weighted by Crippen LogP contribution is 2.35. The van der Waals surface area contributed by atoms with Crippen molar-refractivity contribution >= 4 is 5.69 Å². The van der Waals surface area contributed by atoms with E-state index in [9.17, 15) is 0 Å². The molecule has 1 aliphatic rings. The smallest absolute Gasteiger partial charge is 0.231 e. The second-order valence-corrected chi connectivity index (χ2v) is 3.33. The van der Waals surface area contributed by atoms with E-state index in [1.165, 1.54) is 0 Å². The molecule has 1 aliphatic heterocycles. The molecule has 0 fully saturated rings. The molecule has 82 valence electrons. The monoisotopic (exact) mass is 210 g/mol. The molecule has 0 bridgehead atoms. The Morgan fingerprint density at radius 2 is 2.20 bits per heavy atom. The lowest BCUT2D eigenvalue weighted by molar-refractivity contribution is 0.145. The minimum absolute atomic E-state index is 0.300. The van der Waals surface area contributed by atoms with Gasteiger partial charge in [0.15, 0.2) is 11.5 Å². The van der Waals surface area contributed by atoms with Gasteiger partial charge in [-0.05, 0) is 12.1 Å². The summed E-state index contributed by atoms with van der Waals surface area (Å²) in [6.45, 7) is 1.52. The molecule has 0 aliphatic carbocycles. The quantitative estimate of drug-likeness (QED) is 0.743. The number of likely N-dealkylation sites (N-methyl/N-ethyl adjacent to an activating group) is 1. The average Bonchev–Trinajstić information content (AvgIpc) is 2.72. The van der Waals surface area contributed by atoms with Crippen molar-refractivity contribution in [2.24, 2.45) is 5.90 Å². The fourth-order valence-corrected chi connectivity index (χ4v) is 1.44. The zero-order chi connectivity index (χ0) is 10.7. The summed E-state index contributed by atoms with van der Waals surface area (Å²) in [5.41, 5.74) is 1.05. The molecule has 0 amide bonds. The van der Waals surface area contributed by atoms with Gasteiger partial charge in [-0.2, -0.15) is 0 Å². The van der Waals surface area contributed by atoms with Gasteiger partial charge < -0.3 is 19.2 Å². The number of benzene rings is 1. The third-order valence-corrected chi connectivity index (χ3v) is 2.34. The van der Waals surface area contributed by atoms with E-state index in [1.807, 2.05) is 30.1 Å². The summed E-state index contributed by atoms with van der Waals surface area (Å²) in [6.07, 6.45) is 0. The SMILES string of the molecule is CN(CCON)c1ccc2c(c1)OCO2. The van der Waals surface area contributed by atoms with Gasteiger partial charge in [0.1, 0.15) is 0 Å². The molecule has 5 heteroatoms. The number of anilines is 1. The predicted molar refractivity (Wildman–Crippen MR) is 56.0 cm³/mol. The molecule has 0 spiro atoms. The van der Waals surface area contributed by atoms with Crippen LogP contribution >= 0.6 is 0 Å². The van der Waals surface area contributed by atoms with Gasteiger partial charge in [0.2, 0.25) is 6.79 Å². The normalized spacial score (nSPS) is 12.9. The Morgan fingerprint density at radius 3 is 3.00 bits per heavy atom. The lowest BCUT2D eigenvalue weighted by atomic mass is 10.2. The first kappa shape index (κ1) is 10.1. The molecule has 0 radical (unpaired) electrons. The Labute approximate surface area is 88.3 Å². The van der Waals surface area contributed by atoms with E-state index in [0.717, 1.165) is 23.7 Å². The van der Waals surface area contributed by atoms with Crippen molar-refractivity contribution in [2.75, 3.05) is 31.9 Å². The maximum Gasteiger partial charge on any atom is 0.231 e. The van der Waals surface area contributed by atoms with Gasteiger partial charge in [0.25, 0.3) is 0 Å². The number of nitrogens with two attached hydrogens (primary N) is 1. The fourth-order valence-electron chi connectivity index (χ4n) is 1.44. The fraction of sp³-hybridized carbons (Fsp3) is 0.400. The molecule has 1 aromatic carbocycles. The maximum atomic E-state index is 5.29. The van der Waals surface area contributed by atoms with Gasteiger partial charge in [0.05, 0.1) is 6.61 Å². The Balaban J connectivity index is 2.08. The first-order valence-corrected chi connectivity index (χ1v) is 4.74. The molecule has 5 nitrogen and oxygen atoms in total. The summed E-state index contributed by atoms with van der Waals surface area (Å²) >= 11 is 0. The Hall–Kier alpha value is -1.46. The van der Waals surface area contributed by atoms with Crippen molar-refractivity contribution in [3.05, 3.63) is 18.2 Å². The van der Waals surface area contributed by atoms with Crippen molar-refractivity contribution in [2.45, 2.75) is 0 Å². The highest BCUT2D eigenvalue weighted by Gasteiger charge is 2.14. The van der Waals surface area contributed by atoms with Crippen LogP contribution in [-0.2, 0) is 4.84 Å². The van der Waals surface area contributed by atoms with Crippen LogP contribution in [-0.4, -0.2) is 27.0 Å². The molecule has 0 atom stereocenters. The van der Waals surface area contributed by atoms with Crippen LogP contribution in [0.4, 0.5) is 5.69 Å².